The predicted octanol–water partition coefficient (Wildman–Crippen LogP) is 0.576. The highest BCUT2D eigenvalue weighted by atomic mass is 32.2. The van der Waals surface area contributed by atoms with E-state index in [1.807, 2.05) is 27.7 Å². The largest absolute Gasteiger partial charge is 0.214 e. The Labute approximate surface area is 123 Å². The molecule has 0 radical (unpaired) electrons. The van der Waals surface area contributed by atoms with E-state index in [1.165, 1.54) is 8.61 Å². The summed E-state index contributed by atoms with van der Waals surface area (Å²) in [4.78, 5) is 0. The normalized spacial score (nSPS) is 19.3. The average molecular weight is 326 g/mol. The van der Waals surface area contributed by atoms with E-state index in [9.17, 15) is 16.8 Å². The third-order valence-electron chi connectivity index (χ3n) is 3.24. The summed E-state index contributed by atoms with van der Waals surface area (Å²) in [5, 5.41) is 0. The molecule has 0 aromatic rings. The first-order valence-corrected chi connectivity index (χ1v) is 10.2. The molecule has 1 rings (SSSR count). The van der Waals surface area contributed by atoms with E-state index in [0.717, 1.165) is 6.26 Å². The van der Waals surface area contributed by atoms with Crippen molar-refractivity contribution in [2.45, 2.75) is 27.7 Å². The van der Waals surface area contributed by atoms with Crippen molar-refractivity contribution in [2.24, 2.45) is 11.3 Å². The number of nitrogens with zero attached hydrogens (tertiary/aromatic N) is 2. The zero-order chi connectivity index (χ0) is 15.8. The molecule has 6 nitrogen and oxygen atoms in total. The predicted molar refractivity (Wildman–Crippen MR) is 80.4 cm³/mol. The van der Waals surface area contributed by atoms with Gasteiger partial charge in [0.1, 0.15) is 0 Å². The smallest absolute Gasteiger partial charge is 0.213 e. The SMILES string of the molecule is CCN(CC(C)(C)C)S(=O)(=O)CC1CN(S(C)(=O)=O)C1. The molecule has 0 bridgehead atoms. The highest BCUT2D eigenvalue weighted by Crippen LogP contribution is 2.23. The molecule has 0 unspecified atom stereocenters. The fraction of sp³-hybridized carbons (Fsp3) is 1.00. The summed E-state index contributed by atoms with van der Waals surface area (Å²) in [6.07, 6.45) is 1.15. The minimum atomic E-state index is -3.32. The minimum absolute atomic E-state index is 0.0307. The van der Waals surface area contributed by atoms with E-state index in [-0.39, 0.29) is 17.1 Å². The Kier molecular flexibility index (Phi) is 5.27. The van der Waals surface area contributed by atoms with Crippen LogP contribution in [0.1, 0.15) is 27.7 Å². The summed E-state index contributed by atoms with van der Waals surface area (Å²) in [6.45, 7) is 9.37. The molecule has 1 saturated heterocycles. The summed E-state index contributed by atoms with van der Waals surface area (Å²) in [6, 6.07) is 0. The molecular weight excluding hydrogens is 300 g/mol. The van der Waals surface area contributed by atoms with Crippen LogP contribution < -0.4 is 0 Å². The van der Waals surface area contributed by atoms with Crippen molar-refractivity contribution in [1.82, 2.24) is 8.61 Å². The topological polar surface area (TPSA) is 74.8 Å². The summed E-state index contributed by atoms with van der Waals surface area (Å²) in [5.74, 6) is -0.0631. The lowest BCUT2D eigenvalue weighted by molar-refractivity contribution is 0.217. The van der Waals surface area contributed by atoms with Crippen LogP contribution in [-0.4, -0.2) is 63.6 Å². The van der Waals surface area contributed by atoms with Crippen molar-refractivity contribution >= 4 is 20.0 Å². The molecule has 20 heavy (non-hydrogen) atoms. The number of hydrogen-bond donors (Lipinski definition) is 0. The van der Waals surface area contributed by atoms with E-state index in [1.54, 1.807) is 0 Å². The van der Waals surface area contributed by atoms with Crippen LogP contribution in [0.3, 0.4) is 0 Å². The van der Waals surface area contributed by atoms with Crippen molar-refractivity contribution in [3.8, 4) is 0 Å². The molecule has 8 heteroatoms. The van der Waals surface area contributed by atoms with Crippen molar-refractivity contribution in [1.29, 1.82) is 0 Å². The molecule has 0 aromatic carbocycles. The van der Waals surface area contributed by atoms with Crippen LogP contribution in [0.15, 0.2) is 0 Å². The van der Waals surface area contributed by atoms with E-state index in [0.29, 0.717) is 26.2 Å². The van der Waals surface area contributed by atoms with Crippen molar-refractivity contribution in [3.63, 3.8) is 0 Å². The second-order valence-electron chi connectivity index (χ2n) is 6.71. The van der Waals surface area contributed by atoms with E-state index in [4.69, 9.17) is 0 Å². The molecule has 0 atom stereocenters. The second kappa shape index (κ2) is 5.90. The fourth-order valence-electron chi connectivity index (χ4n) is 2.24. The van der Waals surface area contributed by atoms with E-state index < -0.39 is 20.0 Å². The van der Waals surface area contributed by atoms with Crippen LogP contribution >= 0.6 is 0 Å². The quantitative estimate of drug-likeness (QED) is 0.715. The first-order valence-electron chi connectivity index (χ1n) is 6.78. The van der Waals surface area contributed by atoms with Crippen LogP contribution in [-0.2, 0) is 20.0 Å². The molecule has 0 saturated carbocycles. The number of sulfonamides is 2. The Hall–Kier alpha value is -0.180. The standard InChI is InChI=1S/C12H26N2O4S2/c1-6-13(10-12(2,3)4)20(17,18)9-11-7-14(8-11)19(5,15)16/h11H,6-10H2,1-5H3. The first-order chi connectivity index (χ1) is 8.85. The first kappa shape index (κ1) is 17.9. The lowest BCUT2D eigenvalue weighted by Crippen LogP contribution is -2.53. The van der Waals surface area contributed by atoms with Gasteiger partial charge in [-0.3, -0.25) is 0 Å². The van der Waals surface area contributed by atoms with Crippen LogP contribution in [0.5, 0.6) is 0 Å². The summed E-state index contributed by atoms with van der Waals surface area (Å²) in [7, 11) is -6.51. The van der Waals surface area contributed by atoms with Gasteiger partial charge in [-0.05, 0) is 5.41 Å². The maximum Gasteiger partial charge on any atom is 0.214 e. The average Bonchev–Trinajstić information content (AvgIpc) is 2.16. The molecule has 1 aliphatic heterocycles. The molecule has 0 amide bonds. The van der Waals surface area contributed by atoms with Crippen LogP contribution in [0.4, 0.5) is 0 Å². The van der Waals surface area contributed by atoms with Gasteiger partial charge in [0, 0.05) is 32.1 Å². The summed E-state index contributed by atoms with van der Waals surface area (Å²) >= 11 is 0. The Morgan fingerprint density at radius 2 is 1.65 bits per heavy atom. The van der Waals surface area contributed by atoms with E-state index in [2.05, 4.69) is 0 Å². The third kappa shape index (κ3) is 4.98. The highest BCUT2D eigenvalue weighted by molar-refractivity contribution is 7.89. The molecule has 1 fully saturated rings. The van der Waals surface area contributed by atoms with Crippen molar-refractivity contribution in [2.75, 3.05) is 38.2 Å². The molecule has 0 aromatic heterocycles. The maximum absolute atomic E-state index is 12.4. The molecule has 0 aliphatic carbocycles. The van der Waals surface area contributed by atoms with Gasteiger partial charge in [0.05, 0.1) is 12.0 Å². The zero-order valence-corrected chi connectivity index (χ0v) is 14.6. The van der Waals surface area contributed by atoms with Gasteiger partial charge in [0.2, 0.25) is 20.0 Å². The second-order valence-corrected chi connectivity index (χ2v) is 10.7. The van der Waals surface area contributed by atoms with Gasteiger partial charge < -0.3 is 0 Å². The Balaban J connectivity index is 2.63. The maximum atomic E-state index is 12.4. The van der Waals surface area contributed by atoms with Gasteiger partial charge in [0.15, 0.2) is 0 Å². The summed E-state index contributed by atoms with van der Waals surface area (Å²) < 4.78 is 50.1. The van der Waals surface area contributed by atoms with E-state index >= 15 is 0 Å². The lowest BCUT2D eigenvalue weighted by atomic mass is 9.97. The fourth-order valence-corrected chi connectivity index (χ4v) is 5.20. The number of rotatable bonds is 6. The Bertz CT molecular complexity index is 528. The lowest BCUT2D eigenvalue weighted by Gasteiger charge is -2.38. The highest BCUT2D eigenvalue weighted by Gasteiger charge is 2.37. The van der Waals surface area contributed by atoms with Crippen molar-refractivity contribution in [3.05, 3.63) is 0 Å². The Morgan fingerprint density at radius 3 is 2.00 bits per heavy atom. The van der Waals surface area contributed by atoms with Gasteiger partial charge in [0.25, 0.3) is 0 Å². The van der Waals surface area contributed by atoms with Crippen LogP contribution in [0.25, 0.3) is 0 Å². The zero-order valence-electron chi connectivity index (χ0n) is 13.0. The molecule has 0 spiro atoms. The van der Waals surface area contributed by atoms with Crippen LogP contribution in [0, 0.1) is 11.3 Å². The Morgan fingerprint density at radius 1 is 1.15 bits per heavy atom. The van der Waals surface area contributed by atoms with Gasteiger partial charge in [-0.1, -0.05) is 27.7 Å². The molecule has 1 heterocycles. The third-order valence-corrected chi connectivity index (χ3v) is 6.54. The molecular formula is C12H26N2O4S2. The van der Waals surface area contributed by atoms with Gasteiger partial charge in [-0.15, -0.1) is 0 Å². The monoisotopic (exact) mass is 326 g/mol. The van der Waals surface area contributed by atoms with Gasteiger partial charge in [-0.2, -0.15) is 0 Å². The number of hydrogen-bond acceptors (Lipinski definition) is 4. The minimum Gasteiger partial charge on any atom is -0.213 e. The van der Waals surface area contributed by atoms with Gasteiger partial charge in [-0.25, -0.2) is 25.4 Å². The van der Waals surface area contributed by atoms with Crippen LogP contribution in [0.2, 0.25) is 0 Å². The van der Waals surface area contributed by atoms with Crippen molar-refractivity contribution < 1.29 is 16.8 Å². The summed E-state index contributed by atoms with van der Waals surface area (Å²) in [5.41, 5.74) is -0.0957. The van der Waals surface area contributed by atoms with Gasteiger partial charge >= 0.3 is 0 Å². The molecule has 0 N–H and O–H groups in total. The molecule has 1 aliphatic rings. The molecule has 120 valence electrons.